The largest absolute Gasteiger partial charge is 0.444 e. The molecule has 1 saturated heterocycles. The number of amides is 2. The van der Waals surface area contributed by atoms with Crippen molar-refractivity contribution < 1.29 is 18.7 Å². The lowest BCUT2D eigenvalue weighted by Gasteiger charge is -2.33. The molecule has 2 heterocycles. The van der Waals surface area contributed by atoms with Gasteiger partial charge >= 0.3 is 6.09 Å². The zero-order chi connectivity index (χ0) is 21.7. The fourth-order valence-corrected chi connectivity index (χ4v) is 4.90. The predicted octanol–water partition coefficient (Wildman–Crippen LogP) is 3.70. The number of aromatic nitrogens is 1. The lowest BCUT2D eigenvalue weighted by molar-refractivity contribution is 0.0475. The average molecular weight is 439 g/mol. The Morgan fingerprint density at radius 1 is 1.17 bits per heavy atom. The zero-order valence-electron chi connectivity index (χ0n) is 17.8. The monoisotopic (exact) mass is 438 g/mol. The topological polar surface area (TPSA) is 92.4 Å². The van der Waals surface area contributed by atoms with Crippen LogP contribution in [0.1, 0.15) is 63.2 Å². The van der Waals surface area contributed by atoms with Gasteiger partial charge in [-0.25, -0.2) is 14.2 Å². The molecule has 30 heavy (non-hydrogen) atoms. The van der Waals surface area contributed by atoms with E-state index in [-0.39, 0.29) is 23.7 Å². The third-order valence-corrected chi connectivity index (χ3v) is 6.32. The summed E-state index contributed by atoms with van der Waals surface area (Å²) in [5.41, 5.74) is -0.405. The van der Waals surface area contributed by atoms with Gasteiger partial charge in [0, 0.05) is 17.8 Å². The molecule has 2 fully saturated rings. The second kappa shape index (κ2) is 9.85. The Kier molecular flexibility index (Phi) is 7.44. The second-order valence-corrected chi connectivity index (χ2v) is 10.0. The maximum absolute atomic E-state index is 13.9. The van der Waals surface area contributed by atoms with Gasteiger partial charge in [-0.3, -0.25) is 4.79 Å². The number of halogens is 1. The minimum atomic E-state index is -0.593. The molecule has 1 aromatic heterocycles. The molecule has 166 valence electrons. The first kappa shape index (κ1) is 22.7. The van der Waals surface area contributed by atoms with Crippen molar-refractivity contribution in [2.45, 2.75) is 76.6 Å². The van der Waals surface area contributed by atoms with Crippen molar-refractivity contribution >= 4 is 29.6 Å². The molecule has 0 radical (unpaired) electrons. The Morgan fingerprint density at radius 2 is 1.87 bits per heavy atom. The van der Waals surface area contributed by atoms with E-state index in [4.69, 9.17) is 4.74 Å². The Bertz CT molecular complexity index is 765. The summed E-state index contributed by atoms with van der Waals surface area (Å²) >= 11 is 1.84. The molecule has 1 aliphatic heterocycles. The third kappa shape index (κ3) is 6.48. The van der Waals surface area contributed by atoms with Crippen LogP contribution in [0.25, 0.3) is 0 Å². The van der Waals surface area contributed by atoms with Crippen LogP contribution in [-0.2, 0) is 4.74 Å². The Morgan fingerprint density at radius 3 is 2.50 bits per heavy atom. The highest BCUT2D eigenvalue weighted by molar-refractivity contribution is 7.99. The van der Waals surface area contributed by atoms with Gasteiger partial charge in [0.25, 0.3) is 5.91 Å². The van der Waals surface area contributed by atoms with Crippen LogP contribution < -0.4 is 16.0 Å². The molecule has 0 aromatic carbocycles. The fourth-order valence-electron chi connectivity index (χ4n) is 3.75. The average Bonchev–Trinajstić information content (AvgIpc) is 3.16. The molecule has 1 aliphatic carbocycles. The number of thioether (sulfide) groups is 1. The Hall–Kier alpha value is -2.03. The number of carbonyl (C=O) groups excluding carboxylic acids is 2. The summed E-state index contributed by atoms with van der Waals surface area (Å²) in [6.07, 6.45) is 4.99. The lowest BCUT2D eigenvalue weighted by atomic mass is 9.90. The van der Waals surface area contributed by atoms with E-state index in [2.05, 4.69) is 20.9 Å². The van der Waals surface area contributed by atoms with Crippen LogP contribution in [0.15, 0.2) is 12.3 Å². The number of ether oxygens (including phenoxy) is 1. The van der Waals surface area contributed by atoms with Gasteiger partial charge in [-0.1, -0.05) is 12.8 Å². The quantitative estimate of drug-likeness (QED) is 0.649. The number of rotatable bonds is 5. The van der Waals surface area contributed by atoms with E-state index in [1.807, 2.05) is 11.8 Å². The van der Waals surface area contributed by atoms with Crippen LogP contribution in [0, 0.1) is 5.82 Å². The number of hydrogen-bond acceptors (Lipinski definition) is 6. The molecule has 2 amide bonds. The molecule has 3 unspecified atom stereocenters. The van der Waals surface area contributed by atoms with Crippen molar-refractivity contribution in [3.05, 3.63) is 23.6 Å². The molecule has 7 nitrogen and oxygen atoms in total. The van der Waals surface area contributed by atoms with E-state index in [1.54, 1.807) is 20.8 Å². The fraction of sp³-hybridized carbons (Fsp3) is 0.667. The van der Waals surface area contributed by atoms with Crippen LogP contribution in [0.5, 0.6) is 0 Å². The van der Waals surface area contributed by atoms with E-state index in [9.17, 15) is 14.0 Å². The van der Waals surface area contributed by atoms with Crippen LogP contribution in [0.4, 0.5) is 15.0 Å². The van der Waals surface area contributed by atoms with E-state index >= 15 is 0 Å². The maximum atomic E-state index is 13.9. The molecular weight excluding hydrogens is 407 g/mol. The van der Waals surface area contributed by atoms with Crippen LogP contribution in [0.3, 0.4) is 0 Å². The molecule has 3 N–H and O–H groups in total. The van der Waals surface area contributed by atoms with Crippen molar-refractivity contribution in [1.29, 1.82) is 0 Å². The van der Waals surface area contributed by atoms with Crippen molar-refractivity contribution in [1.82, 2.24) is 15.6 Å². The van der Waals surface area contributed by atoms with E-state index < -0.39 is 23.4 Å². The van der Waals surface area contributed by atoms with Crippen LogP contribution in [0.2, 0.25) is 0 Å². The summed E-state index contributed by atoms with van der Waals surface area (Å²) in [6, 6.07) is 0.945. The maximum Gasteiger partial charge on any atom is 0.407 e. The molecule has 1 saturated carbocycles. The molecular formula is C21H31FN4O3S. The van der Waals surface area contributed by atoms with Gasteiger partial charge < -0.3 is 20.7 Å². The molecule has 0 bridgehead atoms. The van der Waals surface area contributed by atoms with E-state index in [1.165, 1.54) is 6.07 Å². The molecule has 0 spiro atoms. The summed E-state index contributed by atoms with van der Waals surface area (Å²) in [5, 5.41) is 9.14. The van der Waals surface area contributed by atoms with Gasteiger partial charge in [0.05, 0.1) is 17.8 Å². The number of anilines is 1. The smallest absolute Gasteiger partial charge is 0.407 e. The zero-order valence-corrected chi connectivity index (χ0v) is 18.6. The van der Waals surface area contributed by atoms with Crippen LogP contribution in [-0.4, -0.2) is 52.2 Å². The molecule has 3 rings (SSSR count). The third-order valence-electron chi connectivity index (χ3n) is 5.15. The summed E-state index contributed by atoms with van der Waals surface area (Å²) in [6.45, 7) is 5.42. The minimum Gasteiger partial charge on any atom is -0.444 e. The van der Waals surface area contributed by atoms with Gasteiger partial charge in [-0.15, -0.1) is 0 Å². The number of carbonyl (C=O) groups is 2. The van der Waals surface area contributed by atoms with Gasteiger partial charge in [0.2, 0.25) is 0 Å². The number of nitrogens with zero attached hydrogens (tertiary/aromatic N) is 1. The summed E-state index contributed by atoms with van der Waals surface area (Å²) in [4.78, 5) is 29.3. The van der Waals surface area contributed by atoms with E-state index in [0.717, 1.165) is 49.8 Å². The minimum absolute atomic E-state index is 0.188. The van der Waals surface area contributed by atoms with Crippen molar-refractivity contribution in [2.75, 3.05) is 16.8 Å². The normalized spacial score (nSPS) is 24.2. The van der Waals surface area contributed by atoms with Gasteiger partial charge in [-0.05, 0) is 51.9 Å². The molecule has 3 atom stereocenters. The van der Waals surface area contributed by atoms with Crippen molar-refractivity contribution in [3.63, 3.8) is 0 Å². The summed E-state index contributed by atoms with van der Waals surface area (Å²) in [5.74, 6) is 1.44. The van der Waals surface area contributed by atoms with Gasteiger partial charge in [0.15, 0.2) is 0 Å². The van der Waals surface area contributed by atoms with Crippen molar-refractivity contribution in [2.24, 2.45) is 0 Å². The second-order valence-electron chi connectivity index (χ2n) is 8.87. The SMILES string of the molecule is CC(C)(C)OC(=O)NC1CCCCC1NC(=O)c1cc(F)cnc1NC1CCSC1. The number of alkyl carbamates (subject to hydrolysis) is 1. The highest BCUT2D eigenvalue weighted by atomic mass is 32.2. The highest BCUT2D eigenvalue weighted by Gasteiger charge is 2.30. The van der Waals surface area contributed by atoms with E-state index in [0.29, 0.717) is 5.82 Å². The van der Waals surface area contributed by atoms with Crippen molar-refractivity contribution in [3.8, 4) is 0 Å². The first-order chi connectivity index (χ1) is 14.2. The standard InChI is InChI=1S/C21H31FN4O3S/c1-21(2,3)29-20(28)26-17-7-5-4-6-16(17)25-19(27)15-10-13(22)11-23-18(15)24-14-8-9-30-12-14/h10-11,14,16-17H,4-9,12H2,1-3H3,(H,23,24)(H,25,27)(H,26,28). The molecule has 9 heteroatoms. The van der Waals surface area contributed by atoms with Gasteiger partial charge in [-0.2, -0.15) is 11.8 Å². The summed E-state index contributed by atoms with van der Waals surface area (Å²) in [7, 11) is 0. The Labute approximate surface area is 181 Å². The lowest BCUT2D eigenvalue weighted by Crippen LogP contribution is -2.54. The predicted molar refractivity (Wildman–Crippen MR) is 116 cm³/mol. The number of hydrogen-bond donors (Lipinski definition) is 3. The van der Waals surface area contributed by atoms with Gasteiger partial charge in [0.1, 0.15) is 17.2 Å². The number of nitrogens with one attached hydrogen (secondary N) is 3. The summed E-state index contributed by atoms with van der Waals surface area (Å²) < 4.78 is 19.2. The molecule has 2 aliphatic rings. The highest BCUT2D eigenvalue weighted by Crippen LogP contribution is 2.24. The first-order valence-corrected chi connectivity index (χ1v) is 11.7. The van der Waals surface area contributed by atoms with Crippen LogP contribution >= 0.6 is 11.8 Å². The number of pyridine rings is 1. The Balaban J connectivity index is 1.68. The first-order valence-electron chi connectivity index (χ1n) is 10.5. The molecule has 1 aromatic rings.